The molecule has 2 heterocycles. The minimum absolute atomic E-state index is 0.0490. The van der Waals surface area contributed by atoms with Crippen molar-refractivity contribution in [1.29, 1.82) is 0 Å². The Labute approximate surface area is 159 Å². The molecule has 3 aromatic rings. The molecule has 2 aromatic heterocycles. The van der Waals surface area contributed by atoms with Crippen molar-refractivity contribution in [2.45, 2.75) is 52.1 Å². The van der Waals surface area contributed by atoms with Gasteiger partial charge in [0.05, 0.1) is 12.0 Å². The van der Waals surface area contributed by atoms with Crippen LogP contribution in [0.1, 0.15) is 38.2 Å². The Balaban J connectivity index is 1.93. The van der Waals surface area contributed by atoms with Gasteiger partial charge in [-0.2, -0.15) is 0 Å². The van der Waals surface area contributed by atoms with Crippen LogP contribution >= 0.6 is 0 Å². The number of phenolic OH excluding ortho intramolecular Hbond substituents is 1. The smallest absolute Gasteiger partial charge is 0.235 e. The maximum absolute atomic E-state index is 10.6. The fourth-order valence-electron chi connectivity index (χ4n) is 3.46. The van der Waals surface area contributed by atoms with Gasteiger partial charge in [0, 0.05) is 36.6 Å². The molecule has 0 saturated carbocycles. The summed E-state index contributed by atoms with van der Waals surface area (Å²) in [6.07, 6.45) is 9.95. The molecule has 0 aliphatic heterocycles. The van der Waals surface area contributed by atoms with Crippen LogP contribution in [0.4, 0.5) is 0 Å². The van der Waals surface area contributed by atoms with Gasteiger partial charge in [-0.05, 0) is 31.4 Å². The van der Waals surface area contributed by atoms with E-state index in [0.717, 1.165) is 49.0 Å². The quantitative estimate of drug-likeness (QED) is 0.491. The third kappa shape index (κ3) is 4.27. The second-order valence-electron chi connectivity index (χ2n) is 6.81. The number of unbranched alkanes of at least 4 members (excludes halogenated alkanes) is 2. The first-order valence-corrected chi connectivity index (χ1v) is 9.50. The molecule has 0 aliphatic rings. The first-order chi connectivity index (χ1) is 13.1. The number of aryl methyl sites for hydroxylation is 1. The highest BCUT2D eigenvalue weighted by Gasteiger charge is 2.23. The third-order valence-electron chi connectivity index (χ3n) is 4.82. The van der Waals surface area contributed by atoms with Crippen molar-refractivity contribution in [3.8, 4) is 28.6 Å². The SMILES string of the molecule is CCCCCc1c(O)c(O)n(CCCn2ccnc2)c1-c1cccc(O)c1. The van der Waals surface area contributed by atoms with Crippen LogP contribution in [-0.2, 0) is 19.5 Å². The Morgan fingerprint density at radius 3 is 2.59 bits per heavy atom. The molecule has 6 nitrogen and oxygen atoms in total. The van der Waals surface area contributed by atoms with Gasteiger partial charge in [-0.15, -0.1) is 0 Å². The van der Waals surface area contributed by atoms with E-state index in [1.165, 1.54) is 0 Å². The minimum Gasteiger partial charge on any atom is -0.508 e. The first-order valence-electron chi connectivity index (χ1n) is 9.50. The lowest BCUT2D eigenvalue weighted by atomic mass is 10.0. The monoisotopic (exact) mass is 369 g/mol. The summed E-state index contributed by atoms with van der Waals surface area (Å²) in [6, 6.07) is 6.96. The van der Waals surface area contributed by atoms with E-state index in [9.17, 15) is 15.3 Å². The number of aromatic nitrogens is 3. The normalized spacial score (nSPS) is 11.1. The van der Waals surface area contributed by atoms with Crippen LogP contribution in [0.5, 0.6) is 17.4 Å². The average molecular weight is 369 g/mol. The van der Waals surface area contributed by atoms with Crippen LogP contribution in [0.25, 0.3) is 11.3 Å². The average Bonchev–Trinajstić information content (AvgIpc) is 3.25. The highest BCUT2D eigenvalue weighted by Crippen LogP contribution is 2.42. The molecule has 3 N–H and O–H groups in total. The highest BCUT2D eigenvalue weighted by atomic mass is 16.3. The summed E-state index contributed by atoms with van der Waals surface area (Å²) in [6.45, 7) is 3.45. The fraction of sp³-hybridized carbons (Fsp3) is 0.381. The number of hydrogen-bond acceptors (Lipinski definition) is 4. The number of phenols is 1. The first kappa shape index (κ1) is 18.9. The molecule has 6 heteroatoms. The number of hydrogen-bond donors (Lipinski definition) is 3. The molecule has 0 radical (unpaired) electrons. The molecular formula is C21H27N3O3. The van der Waals surface area contributed by atoms with Crippen LogP contribution < -0.4 is 0 Å². The molecule has 0 atom stereocenters. The highest BCUT2D eigenvalue weighted by molar-refractivity contribution is 5.71. The molecule has 0 saturated heterocycles. The number of rotatable bonds is 9. The Morgan fingerprint density at radius 2 is 1.89 bits per heavy atom. The fourth-order valence-corrected chi connectivity index (χ4v) is 3.46. The van der Waals surface area contributed by atoms with Gasteiger partial charge in [-0.1, -0.05) is 31.9 Å². The number of nitrogens with zero attached hydrogens (tertiary/aromatic N) is 3. The summed E-state index contributed by atoms with van der Waals surface area (Å²) in [4.78, 5) is 4.04. The van der Waals surface area contributed by atoms with E-state index in [1.54, 1.807) is 35.3 Å². The van der Waals surface area contributed by atoms with Gasteiger partial charge in [0.25, 0.3) is 0 Å². The van der Waals surface area contributed by atoms with E-state index in [0.29, 0.717) is 13.0 Å². The lowest BCUT2D eigenvalue weighted by molar-refractivity contribution is 0.367. The predicted octanol–water partition coefficient (Wildman–Crippen LogP) is 4.29. The van der Waals surface area contributed by atoms with Crippen molar-refractivity contribution >= 4 is 0 Å². The molecule has 0 spiro atoms. The zero-order valence-corrected chi connectivity index (χ0v) is 15.7. The zero-order valence-electron chi connectivity index (χ0n) is 15.7. The molecule has 0 aliphatic carbocycles. The molecule has 1 aromatic carbocycles. The van der Waals surface area contributed by atoms with Crippen molar-refractivity contribution in [1.82, 2.24) is 14.1 Å². The van der Waals surface area contributed by atoms with Gasteiger partial charge < -0.3 is 24.5 Å². The maximum atomic E-state index is 10.6. The van der Waals surface area contributed by atoms with Crippen molar-refractivity contribution in [2.75, 3.05) is 0 Å². The standard InChI is InChI=1S/C21H27N3O3/c1-2-3-4-9-18-19(16-7-5-8-17(25)14-16)24(21(27)20(18)26)12-6-11-23-13-10-22-15-23/h5,7-8,10,13-15,25-27H,2-4,6,9,11-12H2,1H3. The topological polar surface area (TPSA) is 83.4 Å². The van der Waals surface area contributed by atoms with Crippen molar-refractivity contribution in [2.24, 2.45) is 0 Å². The predicted molar refractivity (Wildman–Crippen MR) is 105 cm³/mol. The Kier molecular flexibility index (Phi) is 6.06. The van der Waals surface area contributed by atoms with Gasteiger partial charge >= 0.3 is 0 Å². The van der Waals surface area contributed by atoms with Gasteiger partial charge in [0.2, 0.25) is 5.88 Å². The van der Waals surface area contributed by atoms with E-state index in [-0.39, 0.29) is 17.4 Å². The summed E-state index contributed by atoms with van der Waals surface area (Å²) in [5.41, 5.74) is 2.32. The Morgan fingerprint density at radius 1 is 1.04 bits per heavy atom. The molecule has 0 bridgehead atoms. The molecular weight excluding hydrogens is 342 g/mol. The summed E-state index contributed by atoms with van der Waals surface area (Å²) in [5, 5.41) is 31.0. The summed E-state index contributed by atoms with van der Waals surface area (Å²) >= 11 is 0. The van der Waals surface area contributed by atoms with E-state index in [4.69, 9.17) is 0 Å². The maximum Gasteiger partial charge on any atom is 0.235 e. The van der Waals surface area contributed by atoms with E-state index in [2.05, 4.69) is 11.9 Å². The molecule has 0 amide bonds. The van der Waals surface area contributed by atoms with Crippen molar-refractivity contribution in [3.63, 3.8) is 0 Å². The van der Waals surface area contributed by atoms with Crippen LogP contribution in [0.2, 0.25) is 0 Å². The van der Waals surface area contributed by atoms with E-state index >= 15 is 0 Å². The largest absolute Gasteiger partial charge is 0.508 e. The second kappa shape index (κ2) is 8.66. The lowest BCUT2D eigenvalue weighted by Gasteiger charge is -2.13. The van der Waals surface area contributed by atoms with Gasteiger partial charge in [-0.25, -0.2) is 4.98 Å². The van der Waals surface area contributed by atoms with Crippen molar-refractivity contribution in [3.05, 3.63) is 48.5 Å². The van der Waals surface area contributed by atoms with Gasteiger partial charge in [-0.3, -0.25) is 0 Å². The van der Waals surface area contributed by atoms with E-state index in [1.807, 2.05) is 16.8 Å². The summed E-state index contributed by atoms with van der Waals surface area (Å²) < 4.78 is 3.74. The second-order valence-corrected chi connectivity index (χ2v) is 6.81. The summed E-state index contributed by atoms with van der Waals surface area (Å²) in [5.74, 6) is 0.00898. The third-order valence-corrected chi connectivity index (χ3v) is 4.82. The van der Waals surface area contributed by atoms with E-state index < -0.39 is 0 Å². The summed E-state index contributed by atoms with van der Waals surface area (Å²) in [7, 11) is 0. The molecule has 144 valence electrons. The minimum atomic E-state index is -0.106. The zero-order chi connectivity index (χ0) is 19.2. The molecule has 3 rings (SSSR count). The number of benzene rings is 1. The number of aromatic hydroxyl groups is 3. The Bertz CT molecular complexity index is 869. The molecule has 0 unspecified atom stereocenters. The molecule has 27 heavy (non-hydrogen) atoms. The molecule has 0 fully saturated rings. The lowest BCUT2D eigenvalue weighted by Crippen LogP contribution is -2.05. The van der Waals surface area contributed by atoms with Crippen LogP contribution in [0, 0.1) is 0 Å². The van der Waals surface area contributed by atoms with Crippen LogP contribution in [0.3, 0.4) is 0 Å². The Hall–Kier alpha value is -2.89. The van der Waals surface area contributed by atoms with Crippen molar-refractivity contribution < 1.29 is 15.3 Å². The van der Waals surface area contributed by atoms with Crippen LogP contribution in [0.15, 0.2) is 43.0 Å². The van der Waals surface area contributed by atoms with Gasteiger partial charge in [0.15, 0.2) is 5.75 Å². The van der Waals surface area contributed by atoms with Gasteiger partial charge in [0.1, 0.15) is 5.75 Å². The van der Waals surface area contributed by atoms with Crippen LogP contribution in [-0.4, -0.2) is 29.4 Å². The number of imidazole rings is 1.